The van der Waals surface area contributed by atoms with Crippen LogP contribution in [0.15, 0.2) is 101 Å². The van der Waals surface area contributed by atoms with Crippen molar-refractivity contribution >= 4 is 23.3 Å². The Labute approximate surface area is 222 Å². The molecule has 0 aliphatic carbocycles. The summed E-state index contributed by atoms with van der Waals surface area (Å²) in [6, 6.07) is 26.9. The SMILES string of the molecule is C.CCOC(=O)C1=C(C)Nc2c(c(Nc3ccc(C)cc3)nc(=O)n2-c2ccccc2)C1c1ccccc1. The van der Waals surface area contributed by atoms with Crippen LogP contribution in [0.5, 0.6) is 0 Å². The lowest BCUT2D eigenvalue weighted by Crippen LogP contribution is -2.33. The average Bonchev–Trinajstić information content (AvgIpc) is 2.90. The van der Waals surface area contributed by atoms with Crippen molar-refractivity contribution in [1.29, 1.82) is 0 Å². The maximum absolute atomic E-state index is 13.5. The van der Waals surface area contributed by atoms with E-state index in [4.69, 9.17) is 4.74 Å². The molecule has 2 heterocycles. The molecule has 3 aromatic carbocycles. The van der Waals surface area contributed by atoms with Gasteiger partial charge in [-0.15, -0.1) is 0 Å². The van der Waals surface area contributed by atoms with E-state index in [0.717, 1.165) is 16.8 Å². The summed E-state index contributed by atoms with van der Waals surface area (Å²) in [6.07, 6.45) is 0. The topological polar surface area (TPSA) is 85.2 Å². The van der Waals surface area contributed by atoms with Gasteiger partial charge >= 0.3 is 11.7 Å². The van der Waals surface area contributed by atoms with Gasteiger partial charge in [-0.3, -0.25) is 0 Å². The first kappa shape index (κ1) is 26.4. The second-order valence-electron chi connectivity index (χ2n) is 8.90. The molecule has 1 unspecified atom stereocenters. The van der Waals surface area contributed by atoms with E-state index in [1.165, 1.54) is 0 Å². The number of rotatable bonds is 6. The van der Waals surface area contributed by atoms with Gasteiger partial charge in [0.1, 0.15) is 11.6 Å². The highest BCUT2D eigenvalue weighted by atomic mass is 16.5. The fourth-order valence-corrected chi connectivity index (χ4v) is 4.68. The highest BCUT2D eigenvalue weighted by Crippen LogP contribution is 2.45. The molecule has 1 aliphatic rings. The first-order valence-corrected chi connectivity index (χ1v) is 12.2. The zero-order valence-corrected chi connectivity index (χ0v) is 21.0. The molecule has 7 heteroatoms. The lowest BCUT2D eigenvalue weighted by molar-refractivity contribution is -0.138. The van der Waals surface area contributed by atoms with E-state index in [2.05, 4.69) is 15.6 Å². The molecule has 0 saturated heterocycles. The third kappa shape index (κ3) is 4.95. The van der Waals surface area contributed by atoms with Gasteiger partial charge in [0.2, 0.25) is 0 Å². The minimum absolute atomic E-state index is 0. The molecule has 7 nitrogen and oxygen atoms in total. The van der Waals surface area contributed by atoms with Crippen molar-refractivity contribution in [3.63, 3.8) is 0 Å². The van der Waals surface area contributed by atoms with Crippen molar-refractivity contribution in [2.24, 2.45) is 0 Å². The lowest BCUT2D eigenvalue weighted by atomic mass is 9.81. The molecule has 2 N–H and O–H groups in total. The minimum atomic E-state index is -0.521. The Morgan fingerprint density at radius 1 is 0.974 bits per heavy atom. The number of para-hydroxylation sites is 1. The number of carbonyl (C=O) groups excluding carboxylic acids is 1. The Bertz CT molecular complexity index is 1530. The number of hydrogen-bond acceptors (Lipinski definition) is 6. The predicted octanol–water partition coefficient (Wildman–Crippen LogP) is 6.32. The number of aromatic nitrogens is 2. The predicted molar refractivity (Wildman–Crippen MR) is 152 cm³/mol. The fraction of sp³-hybridized carbons (Fsp3) is 0.194. The van der Waals surface area contributed by atoms with Crippen molar-refractivity contribution in [3.8, 4) is 5.69 Å². The number of aryl methyl sites for hydroxylation is 1. The van der Waals surface area contributed by atoms with Crippen molar-refractivity contribution in [2.45, 2.75) is 34.1 Å². The van der Waals surface area contributed by atoms with Crippen LogP contribution < -0.4 is 16.3 Å². The van der Waals surface area contributed by atoms with Gasteiger partial charge in [0.05, 0.1) is 23.8 Å². The highest BCUT2D eigenvalue weighted by molar-refractivity contribution is 5.95. The molecule has 0 amide bonds. The standard InChI is InChI=1S/C30H28N4O3.CH4/c1-4-37-29(35)24-20(3)31-28-26(25(24)21-11-7-5-8-12-21)27(32-22-17-15-19(2)16-18-22)33-30(36)34(28)23-13-9-6-10-14-23;/h5-18,25,31H,4H2,1-3H3,(H,32,33,36);1H4. The Balaban J connectivity index is 0.00000336. The summed E-state index contributed by atoms with van der Waals surface area (Å²) in [6.45, 7) is 5.88. The van der Waals surface area contributed by atoms with Gasteiger partial charge in [0.15, 0.2) is 0 Å². The summed E-state index contributed by atoms with van der Waals surface area (Å²) in [5.74, 6) is 0.00478. The number of nitrogens with zero attached hydrogens (tertiary/aromatic N) is 2. The van der Waals surface area contributed by atoms with Gasteiger partial charge in [-0.2, -0.15) is 4.98 Å². The lowest BCUT2D eigenvalue weighted by Gasteiger charge is -2.33. The number of hydrogen-bond donors (Lipinski definition) is 2. The molecule has 0 bridgehead atoms. The molecule has 1 aliphatic heterocycles. The zero-order chi connectivity index (χ0) is 25.9. The van der Waals surface area contributed by atoms with Gasteiger partial charge in [0.25, 0.3) is 0 Å². The van der Waals surface area contributed by atoms with Crippen LogP contribution in [-0.4, -0.2) is 22.1 Å². The number of carbonyl (C=O) groups is 1. The maximum atomic E-state index is 13.5. The maximum Gasteiger partial charge on any atom is 0.355 e. The van der Waals surface area contributed by atoms with E-state index in [1.54, 1.807) is 11.5 Å². The number of nitrogens with one attached hydrogen (secondary N) is 2. The van der Waals surface area contributed by atoms with Crippen LogP contribution in [0, 0.1) is 6.92 Å². The van der Waals surface area contributed by atoms with Gasteiger partial charge in [-0.1, -0.05) is 73.7 Å². The summed E-state index contributed by atoms with van der Waals surface area (Å²) in [5.41, 5.74) is 4.81. The molecule has 4 aromatic rings. The van der Waals surface area contributed by atoms with Crippen molar-refractivity contribution in [2.75, 3.05) is 17.2 Å². The fourth-order valence-electron chi connectivity index (χ4n) is 4.68. The Morgan fingerprint density at radius 2 is 1.61 bits per heavy atom. The summed E-state index contributed by atoms with van der Waals surface area (Å²) < 4.78 is 7.03. The van der Waals surface area contributed by atoms with Gasteiger partial charge < -0.3 is 15.4 Å². The van der Waals surface area contributed by atoms with Crippen LogP contribution >= 0.6 is 0 Å². The minimum Gasteiger partial charge on any atom is -0.463 e. The zero-order valence-electron chi connectivity index (χ0n) is 21.0. The van der Waals surface area contributed by atoms with Gasteiger partial charge in [-0.25, -0.2) is 14.2 Å². The number of allylic oxidation sites excluding steroid dienone is 1. The van der Waals surface area contributed by atoms with Crippen LogP contribution in [0.25, 0.3) is 5.69 Å². The van der Waals surface area contributed by atoms with E-state index in [1.807, 2.05) is 98.8 Å². The molecular weight excluding hydrogens is 476 g/mol. The summed E-state index contributed by atoms with van der Waals surface area (Å²) in [7, 11) is 0. The molecule has 1 atom stereocenters. The van der Waals surface area contributed by atoms with E-state index in [-0.39, 0.29) is 14.0 Å². The summed E-state index contributed by atoms with van der Waals surface area (Å²) in [4.78, 5) is 31.3. The summed E-state index contributed by atoms with van der Waals surface area (Å²) in [5, 5.41) is 6.70. The smallest absolute Gasteiger partial charge is 0.355 e. The molecule has 38 heavy (non-hydrogen) atoms. The van der Waals surface area contributed by atoms with Crippen molar-refractivity contribution in [3.05, 3.63) is 123 Å². The van der Waals surface area contributed by atoms with Crippen LogP contribution in [0.1, 0.15) is 43.9 Å². The van der Waals surface area contributed by atoms with Crippen molar-refractivity contribution < 1.29 is 9.53 Å². The first-order chi connectivity index (χ1) is 18.0. The number of benzene rings is 3. The van der Waals surface area contributed by atoms with E-state index in [9.17, 15) is 9.59 Å². The van der Waals surface area contributed by atoms with Crippen LogP contribution in [0.2, 0.25) is 0 Å². The van der Waals surface area contributed by atoms with E-state index in [0.29, 0.717) is 34.2 Å². The molecule has 1 aromatic heterocycles. The quantitative estimate of drug-likeness (QED) is 0.297. The molecular formula is C31H32N4O3. The van der Waals surface area contributed by atoms with Crippen LogP contribution in [0.4, 0.5) is 17.3 Å². The van der Waals surface area contributed by atoms with Crippen molar-refractivity contribution in [1.82, 2.24) is 9.55 Å². The van der Waals surface area contributed by atoms with Gasteiger partial charge in [-0.05, 0) is 50.6 Å². The van der Waals surface area contributed by atoms with Crippen LogP contribution in [0.3, 0.4) is 0 Å². The molecule has 0 saturated carbocycles. The van der Waals surface area contributed by atoms with E-state index < -0.39 is 17.6 Å². The second kappa shape index (κ2) is 11.2. The molecule has 5 rings (SSSR count). The highest BCUT2D eigenvalue weighted by Gasteiger charge is 2.37. The first-order valence-electron chi connectivity index (χ1n) is 12.2. The van der Waals surface area contributed by atoms with E-state index >= 15 is 0 Å². The van der Waals surface area contributed by atoms with Crippen LogP contribution in [-0.2, 0) is 9.53 Å². The number of fused-ring (bicyclic) bond motifs is 1. The Kier molecular flexibility index (Phi) is 7.76. The molecule has 0 fully saturated rings. The molecule has 194 valence electrons. The molecule has 0 radical (unpaired) electrons. The third-order valence-electron chi connectivity index (χ3n) is 6.38. The van der Waals surface area contributed by atoms with Gasteiger partial charge in [0, 0.05) is 16.9 Å². The average molecular weight is 509 g/mol. The Hall–Kier alpha value is -4.65. The largest absolute Gasteiger partial charge is 0.463 e. The molecule has 0 spiro atoms. The normalized spacial score (nSPS) is 14.1. The number of esters is 1. The monoisotopic (exact) mass is 508 g/mol. The number of ether oxygens (including phenoxy) is 1. The third-order valence-corrected chi connectivity index (χ3v) is 6.38. The number of anilines is 3. The second-order valence-corrected chi connectivity index (χ2v) is 8.90. The Morgan fingerprint density at radius 3 is 2.24 bits per heavy atom. The summed E-state index contributed by atoms with van der Waals surface area (Å²) >= 11 is 0.